The van der Waals surface area contributed by atoms with Gasteiger partial charge < -0.3 is 19.8 Å². The summed E-state index contributed by atoms with van der Waals surface area (Å²) in [7, 11) is 1.56. The van der Waals surface area contributed by atoms with Gasteiger partial charge in [-0.2, -0.15) is 0 Å². The Balaban J connectivity index is 4.40. The summed E-state index contributed by atoms with van der Waals surface area (Å²) in [6, 6.07) is -0.851. The number of hydrogen-bond donors (Lipinski definition) is 3. The van der Waals surface area contributed by atoms with Gasteiger partial charge in [0.05, 0.1) is 39.9 Å². The number of phosphoric acid groups is 1. The minimum atomic E-state index is -4.34. The summed E-state index contributed by atoms with van der Waals surface area (Å²) in [6.07, 6.45) is 47.8. The number of phosphoric ester groups is 1. The zero-order chi connectivity index (χ0) is 41.4. The van der Waals surface area contributed by atoms with Crippen molar-refractivity contribution in [3.8, 4) is 0 Å². The summed E-state index contributed by atoms with van der Waals surface area (Å²) in [5, 5.41) is 13.8. The van der Waals surface area contributed by atoms with E-state index in [0.29, 0.717) is 17.4 Å². The van der Waals surface area contributed by atoms with E-state index in [0.717, 1.165) is 51.4 Å². The summed E-state index contributed by atoms with van der Waals surface area (Å²) in [5.74, 6) is -0.189. The average Bonchev–Trinajstić information content (AvgIpc) is 3.15. The highest BCUT2D eigenvalue weighted by molar-refractivity contribution is 7.47. The van der Waals surface area contributed by atoms with Crippen molar-refractivity contribution in [1.82, 2.24) is 5.32 Å². The van der Waals surface area contributed by atoms with Crippen molar-refractivity contribution >= 4 is 13.7 Å². The third-order valence-corrected chi connectivity index (χ3v) is 11.4. The van der Waals surface area contributed by atoms with E-state index in [2.05, 4.69) is 43.5 Å². The standard InChI is InChI=1S/C47H91N2O6P/c1-6-8-10-12-14-16-18-20-22-23-24-25-27-28-30-32-34-36-38-40-46(50)45(44-55-56(52,53)54-43-42-49(3,4)5)48-47(51)41-39-37-35-33-31-29-26-21-19-17-15-13-11-9-7-2/h15,17,19,21,38,40,45-46,50H,6-14,16,18,20,22-37,39,41-44H2,1-5H3,(H-,48,51,52,53)/p+1/b17-15-,21-19-,40-38+. The summed E-state index contributed by atoms with van der Waals surface area (Å²) in [6.45, 7) is 4.78. The molecule has 0 saturated heterocycles. The van der Waals surface area contributed by atoms with E-state index < -0.39 is 20.0 Å². The topological polar surface area (TPSA) is 105 Å². The van der Waals surface area contributed by atoms with Crippen LogP contribution in [0.2, 0.25) is 0 Å². The Bertz CT molecular complexity index is 1010. The third-order valence-electron chi connectivity index (χ3n) is 10.4. The number of carbonyl (C=O) groups excluding carboxylic acids is 1. The average molecular weight is 812 g/mol. The third kappa shape index (κ3) is 40.9. The smallest absolute Gasteiger partial charge is 0.387 e. The Kier molecular flexibility index (Phi) is 38.3. The molecule has 0 aromatic heterocycles. The van der Waals surface area contributed by atoms with Crippen molar-refractivity contribution in [3.63, 3.8) is 0 Å². The number of amides is 1. The Morgan fingerprint density at radius 3 is 1.46 bits per heavy atom. The van der Waals surface area contributed by atoms with Crippen LogP contribution < -0.4 is 5.32 Å². The molecule has 0 rings (SSSR count). The van der Waals surface area contributed by atoms with E-state index in [1.165, 1.54) is 135 Å². The van der Waals surface area contributed by atoms with Gasteiger partial charge in [0, 0.05) is 6.42 Å². The lowest BCUT2D eigenvalue weighted by Gasteiger charge is -2.25. The number of aliphatic hydroxyl groups excluding tert-OH is 1. The lowest BCUT2D eigenvalue weighted by molar-refractivity contribution is -0.870. The number of allylic oxidation sites excluding steroid dienone is 5. The number of aliphatic hydroxyl groups is 1. The molecular formula is C47H92N2O6P+. The molecular weight excluding hydrogens is 719 g/mol. The lowest BCUT2D eigenvalue weighted by Crippen LogP contribution is -2.45. The van der Waals surface area contributed by atoms with Crippen LogP contribution in [0.15, 0.2) is 36.5 Å². The van der Waals surface area contributed by atoms with Crippen LogP contribution in [0.25, 0.3) is 0 Å². The molecule has 0 bridgehead atoms. The van der Waals surface area contributed by atoms with E-state index in [9.17, 15) is 19.4 Å². The number of nitrogens with zero attached hydrogens (tertiary/aromatic N) is 1. The van der Waals surface area contributed by atoms with E-state index in [1.54, 1.807) is 6.08 Å². The summed E-state index contributed by atoms with van der Waals surface area (Å²) in [4.78, 5) is 23.1. The van der Waals surface area contributed by atoms with E-state index >= 15 is 0 Å². The molecule has 0 aliphatic carbocycles. The van der Waals surface area contributed by atoms with E-state index in [4.69, 9.17) is 9.05 Å². The molecule has 56 heavy (non-hydrogen) atoms. The minimum absolute atomic E-state index is 0.0589. The molecule has 0 spiro atoms. The second-order valence-electron chi connectivity index (χ2n) is 17.2. The van der Waals surface area contributed by atoms with Gasteiger partial charge in [-0.1, -0.05) is 192 Å². The van der Waals surface area contributed by atoms with Crippen molar-refractivity contribution in [2.24, 2.45) is 0 Å². The SMILES string of the molecule is CCCCC/C=C\C=C/CCCCCCCCC(=O)NC(COP(=O)(O)OCC[N+](C)(C)C)C(O)/C=C/CCCCCCCCCCCCCCCCCCC. The molecule has 0 aromatic rings. The summed E-state index contributed by atoms with van der Waals surface area (Å²) >= 11 is 0. The highest BCUT2D eigenvalue weighted by Gasteiger charge is 2.27. The Labute approximate surface area is 347 Å². The molecule has 0 radical (unpaired) electrons. The first-order valence-electron chi connectivity index (χ1n) is 23.4. The first-order valence-corrected chi connectivity index (χ1v) is 24.9. The quantitative estimate of drug-likeness (QED) is 0.0186. The minimum Gasteiger partial charge on any atom is -0.387 e. The number of unbranched alkanes of at least 4 members (excludes halogenated alkanes) is 26. The van der Waals surface area contributed by atoms with Gasteiger partial charge in [-0.25, -0.2) is 4.57 Å². The van der Waals surface area contributed by atoms with Crippen LogP contribution in [0.5, 0.6) is 0 Å². The normalized spacial score (nSPS) is 14.6. The molecule has 0 aromatic carbocycles. The van der Waals surface area contributed by atoms with Crippen LogP contribution in [0, 0.1) is 0 Å². The molecule has 9 heteroatoms. The van der Waals surface area contributed by atoms with Gasteiger partial charge >= 0.3 is 7.82 Å². The summed E-state index contributed by atoms with van der Waals surface area (Å²) < 4.78 is 23.6. The van der Waals surface area contributed by atoms with Gasteiger partial charge in [-0.3, -0.25) is 13.8 Å². The molecule has 3 unspecified atom stereocenters. The van der Waals surface area contributed by atoms with Gasteiger partial charge in [-0.05, 0) is 44.9 Å². The largest absolute Gasteiger partial charge is 0.472 e. The molecule has 0 fully saturated rings. The fourth-order valence-corrected chi connectivity index (χ4v) is 7.36. The van der Waals surface area contributed by atoms with Gasteiger partial charge in [0.1, 0.15) is 13.2 Å². The molecule has 0 aliphatic rings. The number of quaternary nitrogens is 1. The lowest BCUT2D eigenvalue weighted by atomic mass is 10.0. The van der Waals surface area contributed by atoms with Crippen molar-refractivity contribution < 1.29 is 32.9 Å². The van der Waals surface area contributed by atoms with E-state index in [1.807, 2.05) is 27.2 Å². The fourth-order valence-electron chi connectivity index (χ4n) is 6.62. The first kappa shape index (κ1) is 54.7. The van der Waals surface area contributed by atoms with Crippen LogP contribution in [0.1, 0.15) is 206 Å². The molecule has 330 valence electrons. The van der Waals surface area contributed by atoms with Gasteiger partial charge in [0.15, 0.2) is 0 Å². The first-order chi connectivity index (χ1) is 27.0. The number of carbonyl (C=O) groups is 1. The zero-order valence-corrected chi connectivity index (χ0v) is 38.3. The molecule has 3 atom stereocenters. The Morgan fingerprint density at radius 2 is 1.00 bits per heavy atom. The molecule has 0 heterocycles. The van der Waals surface area contributed by atoms with Crippen LogP contribution >= 0.6 is 7.82 Å². The predicted octanol–water partition coefficient (Wildman–Crippen LogP) is 13.1. The maximum absolute atomic E-state index is 12.9. The molecule has 3 N–H and O–H groups in total. The van der Waals surface area contributed by atoms with E-state index in [-0.39, 0.29) is 19.1 Å². The molecule has 1 amide bonds. The van der Waals surface area contributed by atoms with Crippen LogP contribution in [0.3, 0.4) is 0 Å². The van der Waals surface area contributed by atoms with Crippen molar-refractivity contribution in [2.45, 2.75) is 219 Å². The predicted molar refractivity (Wildman–Crippen MR) is 240 cm³/mol. The van der Waals surface area contributed by atoms with Crippen LogP contribution in [-0.4, -0.2) is 73.4 Å². The molecule has 0 aliphatic heterocycles. The highest BCUT2D eigenvalue weighted by Crippen LogP contribution is 2.43. The summed E-state index contributed by atoms with van der Waals surface area (Å²) in [5.41, 5.74) is 0. The highest BCUT2D eigenvalue weighted by atomic mass is 31.2. The Hall–Kier alpha value is -1.28. The maximum Gasteiger partial charge on any atom is 0.472 e. The van der Waals surface area contributed by atoms with Gasteiger partial charge in [0.2, 0.25) is 5.91 Å². The number of rotatable bonds is 42. The number of hydrogen-bond acceptors (Lipinski definition) is 5. The van der Waals surface area contributed by atoms with Gasteiger partial charge in [-0.15, -0.1) is 0 Å². The Morgan fingerprint density at radius 1 is 0.607 bits per heavy atom. The fraction of sp³-hybridized carbons (Fsp3) is 0.851. The number of nitrogens with one attached hydrogen (secondary N) is 1. The second kappa shape index (κ2) is 39.2. The second-order valence-corrected chi connectivity index (χ2v) is 18.6. The van der Waals surface area contributed by atoms with Crippen LogP contribution in [-0.2, 0) is 18.4 Å². The van der Waals surface area contributed by atoms with Gasteiger partial charge in [0.25, 0.3) is 0 Å². The molecule has 0 saturated carbocycles. The van der Waals surface area contributed by atoms with Crippen molar-refractivity contribution in [2.75, 3.05) is 40.9 Å². The molecule has 8 nitrogen and oxygen atoms in total. The zero-order valence-electron chi connectivity index (χ0n) is 37.4. The van der Waals surface area contributed by atoms with Crippen LogP contribution in [0.4, 0.5) is 0 Å². The van der Waals surface area contributed by atoms with Crippen molar-refractivity contribution in [1.29, 1.82) is 0 Å². The monoisotopic (exact) mass is 812 g/mol. The van der Waals surface area contributed by atoms with Crippen molar-refractivity contribution in [3.05, 3.63) is 36.5 Å². The number of likely N-dealkylation sites (N-methyl/N-ethyl adjacent to an activating group) is 1. The maximum atomic E-state index is 12.9.